The SMILES string of the molecule is Cc1ccc(-n2cc(COc3ccc(C=C4N=C(c5ccccc5)OC4=O)cc3)nn2)cc1. The fourth-order valence-electron chi connectivity index (χ4n) is 3.28. The van der Waals surface area contributed by atoms with Gasteiger partial charge in [0.25, 0.3) is 0 Å². The van der Waals surface area contributed by atoms with Gasteiger partial charge in [0.1, 0.15) is 18.1 Å². The van der Waals surface area contributed by atoms with Gasteiger partial charge in [-0.2, -0.15) is 0 Å². The maximum Gasteiger partial charge on any atom is 0.363 e. The molecule has 4 aromatic rings. The minimum Gasteiger partial charge on any atom is -0.487 e. The van der Waals surface area contributed by atoms with Crippen LogP contribution in [0.1, 0.15) is 22.4 Å². The molecule has 2 heterocycles. The molecule has 7 nitrogen and oxygen atoms in total. The van der Waals surface area contributed by atoms with Crippen molar-refractivity contribution in [3.05, 3.63) is 113 Å². The van der Waals surface area contributed by atoms with E-state index in [0.717, 1.165) is 22.5 Å². The Morgan fingerprint density at radius 3 is 2.48 bits per heavy atom. The Kier molecular flexibility index (Phi) is 5.51. The first-order valence-electron chi connectivity index (χ1n) is 10.4. The van der Waals surface area contributed by atoms with Crippen LogP contribution < -0.4 is 4.74 Å². The summed E-state index contributed by atoms with van der Waals surface area (Å²) in [6.07, 6.45) is 3.53. The smallest absolute Gasteiger partial charge is 0.363 e. The van der Waals surface area contributed by atoms with E-state index in [-0.39, 0.29) is 5.70 Å². The number of carbonyl (C=O) groups is 1. The second-order valence-electron chi connectivity index (χ2n) is 7.55. The molecule has 0 spiro atoms. The maximum absolute atomic E-state index is 12.2. The van der Waals surface area contributed by atoms with Crippen LogP contribution >= 0.6 is 0 Å². The summed E-state index contributed by atoms with van der Waals surface area (Å²) in [5, 5.41) is 8.33. The van der Waals surface area contributed by atoms with Crippen molar-refractivity contribution in [1.82, 2.24) is 15.0 Å². The molecule has 3 aromatic carbocycles. The number of cyclic esters (lactones) is 1. The molecule has 0 unspecified atom stereocenters. The first-order chi connectivity index (χ1) is 16.1. The largest absolute Gasteiger partial charge is 0.487 e. The minimum atomic E-state index is -0.467. The molecule has 5 rings (SSSR count). The van der Waals surface area contributed by atoms with Crippen LogP contribution in [0.25, 0.3) is 11.8 Å². The summed E-state index contributed by atoms with van der Waals surface area (Å²) >= 11 is 0. The van der Waals surface area contributed by atoms with E-state index in [2.05, 4.69) is 15.3 Å². The second-order valence-corrected chi connectivity index (χ2v) is 7.55. The highest BCUT2D eigenvalue weighted by Gasteiger charge is 2.23. The Morgan fingerprint density at radius 1 is 0.970 bits per heavy atom. The lowest BCUT2D eigenvalue weighted by Gasteiger charge is -2.04. The van der Waals surface area contributed by atoms with Gasteiger partial charge in [-0.05, 0) is 55.0 Å². The summed E-state index contributed by atoms with van der Waals surface area (Å²) in [4.78, 5) is 16.5. The molecule has 0 saturated heterocycles. The highest BCUT2D eigenvalue weighted by atomic mass is 16.6. The van der Waals surface area contributed by atoms with Crippen LogP contribution in [0.15, 0.2) is 95.7 Å². The van der Waals surface area contributed by atoms with Crippen molar-refractivity contribution >= 4 is 17.9 Å². The first-order valence-corrected chi connectivity index (χ1v) is 10.4. The third-order valence-electron chi connectivity index (χ3n) is 5.05. The molecule has 33 heavy (non-hydrogen) atoms. The molecule has 0 aliphatic carbocycles. The monoisotopic (exact) mass is 436 g/mol. The van der Waals surface area contributed by atoms with Gasteiger partial charge in [-0.1, -0.05) is 53.2 Å². The molecule has 0 atom stereocenters. The van der Waals surface area contributed by atoms with E-state index in [9.17, 15) is 4.79 Å². The van der Waals surface area contributed by atoms with Gasteiger partial charge in [-0.3, -0.25) is 0 Å². The minimum absolute atomic E-state index is 0.259. The number of nitrogens with zero attached hydrogens (tertiary/aromatic N) is 4. The molecule has 162 valence electrons. The van der Waals surface area contributed by atoms with Gasteiger partial charge >= 0.3 is 5.97 Å². The molecule has 1 aliphatic heterocycles. The van der Waals surface area contributed by atoms with Gasteiger partial charge in [-0.15, -0.1) is 5.10 Å². The van der Waals surface area contributed by atoms with E-state index in [0.29, 0.717) is 18.3 Å². The zero-order valence-corrected chi connectivity index (χ0v) is 17.9. The Morgan fingerprint density at radius 2 is 1.73 bits per heavy atom. The maximum atomic E-state index is 12.2. The van der Waals surface area contributed by atoms with E-state index >= 15 is 0 Å². The van der Waals surface area contributed by atoms with Crippen LogP contribution in [0.4, 0.5) is 0 Å². The summed E-state index contributed by atoms with van der Waals surface area (Å²) in [6, 6.07) is 24.8. The van der Waals surface area contributed by atoms with Crippen molar-refractivity contribution < 1.29 is 14.3 Å². The zero-order chi connectivity index (χ0) is 22.6. The van der Waals surface area contributed by atoms with Crippen LogP contribution in [-0.4, -0.2) is 26.9 Å². The predicted molar refractivity (Wildman–Crippen MR) is 124 cm³/mol. The fourth-order valence-corrected chi connectivity index (χ4v) is 3.28. The lowest BCUT2D eigenvalue weighted by Crippen LogP contribution is -2.04. The van der Waals surface area contributed by atoms with Crippen molar-refractivity contribution in [1.29, 1.82) is 0 Å². The van der Waals surface area contributed by atoms with Gasteiger partial charge in [-0.25, -0.2) is 14.5 Å². The summed E-state index contributed by atoms with van der Waals surface area (Å²) in [5.41, 5.74) is 4.69. The number of aromatic nitrogens is 3. The van der Waals surface area contributed by atoms with Gasteiger partial charge in [0.15, 0.2) is 5.70 Å². The van der Waals surface area contributed by atoms with Gasteiger partial charge in [0, 0.05) is 5.56 Å². The third kappa shape index (κ3) is 4.72. The van der Waals surface area contributed by atoms with Crippen molar-refractivity contribution in [2.24, 2.45) is 4.99 Å². The average Bonchev–Trinajstić information content (AvgIpc) is 3.47. The topological polar surface area (TPSA) is 78.6 Å². The summed E-state index contributed by atoms with van der Waals surface area (Å²) in [6.45, 7) is 2.34. The fraction of sp³-hybridized carbons (Fsp3) is 0.0769. The van der Waals surface area contributed by atoms with E-state index in [4.69, 9.17) is 9.47 Å². The number of ether oxygens (including phenoxy) is 2. The summed E-state index contributed by atoms with van der Waals surface area (Å²) in [5.74, 6) is 0.529. The van der Waals surface area contributed by atoms with E-state index in [1.807, 2.05) is 92.0 Å². The quantitative estimate of drug-likeness (QED) is 0.329. The second kappa shape index (κ2) is 8.92. The van der Waals surface area contributed by atoms with Crippen LogP contribution in [-0.2, 0) is 16.1 Å². The summed E-state index contributed by atoms with van der Waals surface area (Å²) in [7, 11) is 0. The lowest BCUT2D eigenvalue weighted by atomic mass is 10.2. The molecule has 0 N–H and O–H groups in total. The van der Waals surface area contributed by atoms with Crippen molar-refractivity contribution in [3.63, 3.8) is 0 Å². The van der Waals surface area contributed by atoms with Crippen molar-refractivity contribution in [3.8, 4) is 11.4 Å². The normalized spacial score (nSPS) is 14.3. The molecule has 1 aliphatic rings. The van der Waals surface area contributed by atoms with Crippen molar-refractivity contribution in [2.75, 3.05) is 0 Å². The molecule has 0 saturated carbocycles. The number of hydrogen-bond donors (Lipinski definition) is 0. The molecule has 0 fully saturated rings. The van der Waals surface area contributed by atoms with E-state index in [1.165, 1.54) is 5.56 Å². The number of aryl methyl sites for hydroxylation is 1. The van der Waals surface area contributed by atoms with Crippen LogP contribution in [0.3, 0.4) is 0 Å². The Hall–Kier alpha value is -4.52. The zero-order valence-electron chi connectivity index (χ0n) is 17.9. The average molecular weight is 436 g/mol. The highest BCUT2D eigenvalue weighted by molar-refractivity contribution is 6.12. The number of benzene rings is 3. The van der Waals surface area contributed by atoms with Crippen LogP contribution in [0, 0.1) is 6.92 Å². The lowest BCUT2D eigenvalue weighted by molar-refractivity contribution is -0.129. The van der Waals surface area contributed by atoms with Gasteiger partial charge in [0.2, 0.25) is 5.90 Å². The van der Waals surface area contributed by atoms with Crippen LogP contribution in [0.5, 0.6) is 5.75 Å². The van der Waals surface area contributed by atoms with Gasteiger partial charge < -0.3 is 9.47 Å². The number of rotatable bonds is 6. The number of aliphatic imine (C=N–C) groups is 1. The van der Waals surface area contributed by atoms with Crippen LogP contribution in [0.2, 0.25) is 0 Å². The first kappa shape index (κ1) is 20.4. The third-order valence-corrected chi connectivity index (χ3v) is 5.05. The molecule has 1 aromatic heterocycles. The Balaban J connectivity index is 1.23. The Bertz CT molecular complexity index is 1340. The van der Waals surface area contributed by atoms with E-state index < -0.39 is 5.97 Å². The molecule has 0 radical (unpaired) electrons. The summed E-state index contributed by atoms with van der Waals surface area (Å²) < 4.78 is 12.8. The van der Waals surface area contributed by atoms with Crippen molar-refractivity contribution in [2.45, 2.75) is 13.5 Å². The molecule has 0 bridgehead atoms. The molecule has 7 heteroatoms. The number of esters is 1. The standard InChI is InChI=1S/C26H20N4O3/c1-18-7-11-22(12-8-18)30-16-21(28-29-30)17-32-23-13-9-19(10-14-23)15-24-26(31)33-25(27-24)20-5-3-2-4-6-20/h2-16H,17H2,1H3. The number of hydrogen-bond acceptors (Lipinski definition) is 6. The molecule has 0 amide bonds. The van der Waals surface area contributed by atoms with Gasteiger partial charge in [0.05, 0.1) is 11.9 Å². The predicted octanol–water partition coefficient (Wildman–Crippen LogP) is 4.50. The van der Waals surface area contributed by atoms with E-state index in [1.54, 1.807) is 10.8 Å². The number of carbonyl (C=O) groups excluding carboxylic acids is 1. The molecular weight excluding hydrogens is 416 g/mol. The Labute approximate surface area is 190 Å². The molecular formula is C26H20N4O3. The highest BCUT2D eigenvalue weighted by Crippen LogP contribution is 2.21.